The molecule has 4 heterocycles. The first-order valence-electron chi connectivity index (χ1n) is 9.92. The van der Waals surface area contributed by atoms with Crippen LogP contribution in [0.4, 0.5) is 0 Å². The SMILES string of the molecule is CN(Cc1ccccn1)C(=O)c1nc([C@H]2CCCN(S(C)(=O)=O)C2)n2ccccc12. The minimum atomic E-state index is -3.26. The van der Waals surface area contributed by atoms with Gasteiger partial charge in [0, 0.05) is 38.4 Å². The summed E-state index contributed by atoms with van der Waals surface area (Å²) in [5.74, 6) is 0.478. The largest absolute Gasteiger partial charge is 0.334 e. The molecule has 1 amide bonds. The van der Waals surface area contributed by atoms with Crippen LogP contribution in [0.15, 0.2) is 48.8 Å². The molecule has 0 aliphatic carbocycles. The maximum absolute atomic E-state index is 13.2. The zero-order valence-corrected chi connectivity index (χ0v) is 17.9. The number of sulfonamides is 1. The van der Waals surface area contributed by atoms with Crippen LogP contribution in [0.2, 0.25) is 0 Å². The average molecular weight is 428 g/mol. The molecule has 1 aliphatic rings. The quantitative estimate of drug-likeness (QED) is 0.623. The van der Waals surface area contributed by atoms with Gasteiger partial charge in [0.15, 0.2) is 5.69 Å². The van der Waals surface area contributed by atoms with E-state index in [4.69, 9.17) is 4.98 Å². The fourth-order valence-corrected chi connectivity index (χ4v) is 4.86. The Labute approximate surface area is 176 Å². The summed E-state index contributed by atoms with van der Waals surface area (Å²) in [6.07, 6.45) is 6.42. The lowest BCUT2D eigenvalue weighted by atomic mass is 9.99. The van der Waals surface area contributed by atoms with Crippen LogP contribution in [0.1, 0.15) is 40.8 Å². The number of carbonyl (C=O) groups is 1. The molecule has 1 aliphatic heterocycles. The van der Waals surface area contributed by atoms with E-state index in [1.165, 1.54) is 10.6 Å². The van der Waals surface area contributed by atoms with Crippen molar-refractivity contribution < 1.29 is 13.2 Å². The summed E-state index contributed by atoms with van der Waals surface area (Å²) in [6.45, 7) is 1.29. The fraction of sp³-hybridized carbons (Fsp3) is 0.381. The molecule has 3 aromatic rings. The fourth-order valence-electron chi connectivity index (χ4n) is 3.95. The van der Waals surface area contributed by atoms with Gasteiger partial charge in [-0.15, -0.1) is 0 Å². The molecular weight excluding hydrogens is 402 g/mol. The number of imidazole rings is 1. The van der Waals surface area contributed by atoms with Crippen LogP contribution in [-0.2, 0) is 16.6 Å². The predicted octanol–water partition coefficient (Wildman–Crippen LogP) is 2.14. The lowest BCUT2D eigenvalue weighted by Crippen LogP contribution is -2.38. The minimum absolute atomic E-state index is 0.0639. The number of fused-ring (bicyclic) bond motifs is 1. The van der Waals surface area contributed by atoms with E-state index in [0.717, 1.165) is 29.9 Å². The number of amides is 1. The average Bonchev–Trinajstić information content (AvgIpc) is 3.13. The Morgan fingerprint density at radius 2 is 2.03 bits per heavy atom. The van der Waals surface area contributed by atoms with Gasteiger partial charge in [-0.25, -0.2) is 17.7 Å². The summed E-state index contributed by atoms with van der Waals surface area (Å²) < 4.78 is 27.5. The maximum Gasteiger partial charge on any atom is 0.274 e. The summed E-state index contributed by atoms with van der Waals surface area (Å²) in [7, 11) is -1.53. The molecule has 0 unspecified atom stereocenters. The minimum Gasteiger partial charge on any atom is -0.334 e. The van der Waals surface area contributed by atoms with E-state index in [9.17, 15) is 13.2 Å². The second-order valence-corrected chi connectivity index (χ2v) is 9.70. The van der Waals surface area contributed by atoms with Crippen molar-refractivity contribution in [2.75, 3.05) is 26.4 Å². The summed E-state index contributed by atoms with van der Waals surface area (Å²) in [5, 5.41) is 0. The molecule has 3 aromatic heterocycles. The van der Waals surface area contributed by atoms with Gasteiger partial charge in [-0.3, -0.25) is 9.78 Å². The molecule has 8 nitrogen and oxygen atoms in total. The molecule has 0 aromatic carbocycles. The van der Waals surface area contributed by atoms with Crippen LogP contribution >= 0.6 is 0 Å². The van der Waals surface area contributed by atoms with Crippen molar-refractivity contribution in [3.8, 4) is 0 Å². The molecule has 4 rings (SSSR count). The van der Waals surface area contributed by atoms with Crippen LogP contribution in [0, 0.1) is 0 Å². The molecule has 0 radical (unpaired) electrons. The highest BCUT2D eigenvalue weighted by molar-refractivity contribution is 7.88. The van der Waals surface area contributed by atoms with Crippen LogP contribution in [-0.4, -0.2) is 64.3 Å². The predicted molar refractivity (Wildman–Crippen MR) is 114 cm³/mol. The third-order valence-corrected chi connectivity index (χ3v) is 6.74. The number of carbonyl (C=O) groups excluding carboxylic acids is 1. The van der Waals surface area contributed by atoms with Crippen molar-refractivity contribution in [1.82, 2.24) is 23.6 Å². The zero-order chi connectivity index (χ0) is 21.3. The highest BCUT2D eigenvalue weighted by Gasteiger charge is 2.31. The van der Waals surface area contributed by atoms with Gasteiger partial charge in [-0.05, 0) is 37.1 Å². The number of pyridine rings is 2. The van der Waals surface area contributed by atoms with E-state index in [0.29, 0.717) is 25.3 Å². The van der Waals surface area contributed by atoms with Crippen molar-refractivity contribution in [3.63, 3.8) is 0 Å². The number of nitrogens with zero attached hydrogens (tertiary/aromatic N) is 5. The van der Waals surface area contributed by atoms with Crippen molar-refractivity contribution in [3.05, 3.63) is 66.0 Å². The van der Waals surface area contributed by atoms with E-state index in [1.807, 2.05) is 47.0 Å². The molecule has 1 saturated heterocycles. The molecule has 158 valence electrons. The molecule has 30 heavy (non-hydrogen) atoms. The number of rotatable bonds is 5. The van der Waals surface area contributed by atoms with Gasteiger partial charge >= 0.3 is 0 Å². The van der Waals surface area contributed by atoms with E-state index in [-0.39, 0.29) is 11.8 Å². The normalized spacial score (nSPS) is 17.9. The molecule has 1 fully saturated rings. The first-order valence-corrected chi connectivity index (χ1v) is 11.8. The van der Waals surface area contributed by atoms with Crippen LogP contribution < -0.4 is 0 Å². The Morgan fingerprint density at radius 1 is 1.23 bits per heavy atom. The molecule has 9 heteroatoms. The highest BCUT2D eigenvalue weighted by atomic mass is 32.2. The van der Waals surface area contributed by atoms with Gasteiger partial charge in [0.05, 0.1) is 24.0 Å². The van der Waals surface area contributed by atoms with E-state index in [1.54, 1.807) is 18.1 Å². The third kappa shape index (κ3) is 4.08. The Kier molecular flexibility index (Phi) is 5.57. The van der Waals surface area contributed by atoms with Crippen molar-refractivity contribution >= 4 is 21.4 Å². The molecular formula is C21H25N5O3S. The van der Waals surface area contributed by atoms with Gasteiger partial charge in [-0.2, -0.15) is 0 Å². The van der Waals surface area contributed by atoms with E-state index < -0.39 is 10.0 Å². The lowest BCUT2D eigenvalue weighted by molar-refractivity contribution is 0.0780. The van der Waals surface area contributed by atoms with Gasteiger partial charge < -0.3 is 9.30 Å². The highest BCUT2D eigenvalue weighted by Crippen LogP contribution is 2.29. The van der Waals surface area contributed by atoms with E-state index >= 15 is 0 Å². The molecule has 1 atom stereocenters. The molecule has 0 saturated carbocycles. The van der Waals surface area contributed by atoms with Crippen molar-refractivity contribution in [2.24, 2.45) is 0 Å². The van der Waals surface area contributed by atoms with Crippen LogP contribution in [0.25, 0.3) is 5.52 Å². The van der Waals surface area contributed by atoms with Gasteiger partial charge in [0.25, 0.3) is 5.91 Å². The summed E-state index contributed by atoms with van der Waals surface area (Å²) in [4.78, 5) is 23.8. The van der Waals surface area contributed by atoms with E-state index in [2.05, 4.69) is 4.98 Å². The van der Waals surface area contributed by atoms with Crippen LogP contribution in [0.3, 0.4) is 0 Å². The summed E-state index contributed by atoms with van der Waals surface area (Å²) >= 11 is 0. The number of hydrogen-bond acceptors (Lipinski definition) is 5. The molecule has 0 spiro atoms. The Morgan fingerprint density at radius 3 is 2.77 bits per heavy atom. The standard InChI is InChI=1S/C21H25N5O3S/c1-24(15-17-9-3-5-11-22-17)21(27)19-18-10-4-6-13-26(18)20(23-19)16-8-7-12-25(14-16)30(2,28)29/h3-6,9-11,13,16H,7-8,12,14-15H2,1-2H3/t16-/m0/s1. The Balaban J connectivity index is 1.66. The third-order valence-electron chi connectivity index (χ3n) is 5.47. The lowest BCUT2D eigenvalue weighted by Gasteiger charge is -2.30. The zero-order valence-electron chi connectivity index (χ0n) is 17.1. The number of hydrogen-bond donors (Lipinski definition) is 0. The van der Waals surface area contributed by atoms with Crippen molar-refractivity contribution in [2.45, 2.75) is 25.3 Å². The second kappa shape index (κ2) is 8.16. The Bertz CT molecular complexity index is 1160. The first-order chi connectivity index (χ1) is 14.3. The first kappa shape index (κ1) is 20.5. The van der Waals surface area contributed by atoms with Gasteiger partial charge in [0.1, 0.15) is 5.82 Å². The summed E-state index contributed by atoms with van der Waals surface area (Å²) in [5.41, 5.74) is 1.90. The summed E-state index contributed by atoms with van der Waals surface area (Å²) in [6, 6.07) is 11.2. The number of piperidine rings is 1. The number of aromatic nitrogens is 3. The second-order valence-electron chi connectivity index (χ2n) is 7.72. The Hall–Kier alpha value is -2.78. The smallest absolute Gasteiger partial charge is 0.274 e. The van der Waals surface area contributed by atoms with Crippen LogP contribution in [0.5, 0.6) is 0 Å². The van der Waals surface area contributed by atoms with Gasteiger partial charge in [-0.1, -0.05) is 12.1 Å². The monoisotopic (exact) mass is 427 g/mol. The molecule has 0 bridgehead atoms. The maximum atomic E-state index is 13.2. The molecule has 0 N–H and O–H groups in total. The topological polar surface area (TPSA) is 87.9 Å². The van der Waals surface area contributed by atoms with Crippen molar-refractivity contribution in [1.29, 1.82) is 0 Å². The van der Waals surface area contributed by atoms with Gasteiger partial charge in [0.2, 0.25) is 10.0 Å².